The summed E-state index contributed by atoms with van der Waals surface area (Å²) in [6, 6.07) is 8.91. The van der Waals surface area contributed by atoms with E-state index in [4.69, 9.17) is 0 Å². The summed E-state index contributed by atoms with van der Waals surface area (Å²) in [5.74, 6) is -0.211. The van der Waals surface area contributed by atoms with Crippen LogP contribution in [0.2, 0.25) is 0 Å². The number of hydrogen-bond donors (Lipinski definition) is 0. The SMILES string of the molecule is Cc1ccc(N2C(=O)Cc3ccc(C(F)(F)F)cc32)cc1C. The summed E-state index contributed by atoms with van der Waals surface area (Å²) in [5.41, 5.74) is 2.87. The maximum Gasteiger partial charge on any atom is 0.416 e. The fraction of sp³-hybridized carbons (Fsp3) is 0.235. The first-order valence-corrected chi connectivity index (χ1v) is 6.88. The Bertz CT molecular complexity index is 765. The molecular formula is C17H14F3NO. The van der Waals surface area contributed by atoms with E-state index in [1.807, 2.05) is 26.0 Å². The molecule has 0 saturated heterocycles. The van der Waals surface area contributed by atoms with E-state index in [0.717, 1.165) is 23.3 Å². The number of aryl methyl sites for hydroxylation is 2. The van der Waals surface area contributed by atoms with E-state index in [-0.39, 0.29) is 12.3 Å². The molecule has 0 atom stereocenters. The Morgan fingerprint density at radius 1 is 1.00 bits per heavy atom. The van der Waals surface area contributed by atoms with E-state index in [0.29, 0.717) is 16.9 Å². The van der Waals surface area contributed by atoms with Gasteiger partial charge in [-0.1, -0.05) is 12.1 Å². The molecule has 0 saturated carbocycles. The van der Waals surface area contributed by atoms with Gasteiger partial charge < -0.3 is 0 Å². The predicted octanol–water partition coefficient (Wildman–Crippen LogP) is 4.54. The van der Waals surface area contributed by atoms with Gasteiger partial charge in [0.25, 0.3) is 0 Å². The molecular weight excluding hydrogens is 291 g/mol. The van der Waals surface area contributed by atoms with Gasteiger partial charge in [-0.05, 0) is 54.8 Å². The van der Waals surface area contributed by atoms with E-state index in [9.17, 15) is 18.0 Å². The molecule has 1 aliphatic heterocycles. The maximum atomic E-state index is 12.9. The maximum absolute atomic E-state index is 12.9. The smallest absolute Gasteiger partial charge is 0.280 e. The van der Waals surface area contributed by atoms with Crippen molar-refractivity contribution in [1.29, 1.82) is 0 Å². The highest BCUT2D eigenvalue weighted by atomic mass is 19.4. The summed E-state index contributed by atoms with van der Waals surface area (Å²) < 4.78 is 38.7. The van der Waals surface area contributed by atoms with Gasteiger partial charge in [-0.25, -0.2) is 0 Å². The zero-order valence-corrected chi connectivity index (χ0v) is 12.2. The van der Waals surface area contributed by atoms with Gasteiger partial charge in [-0.3, -0.25) is 9.69 Å². The van der Waals surface area contributed by atoms with Crippen LogP contribution in [0.1, 0.15) is 22.3 Å². The molecule has 2 nitrogen and oxygen atoms in total. The number of fused-ring (bicyclic) bond motifs is 1. The normalized spacial score (nSPS) is 14.4. The minimum Gasteiger partial charge on any atom is -0.280 e. The predicted molar refractivity (Wildman–Crippen MR) is 78.2 cm³/mol. The van der Waals surface area contributed by atoms with E-state index < -0.39 is 11.7 Å². The Morgan fingerprint density at radius 2 is 1.73 bits per heavy atom. The Balaban J connectivity index is 2.12. The van der Waals surface area contributed by atoms with Gasteiger partial charge >= 0.3 is 6.18 Å². The number of hydrogen-bond acceptors (Lipinski definition) is 1. The number of benzene rings is 2. The molecule has 114 valence electrons. The fourth-order valence-electron chi connectivity index (χ4n) is 2.62. The third-order valence-corrected chi connectivity index (χ3v) is 3.99. The van der Waals surface area contributed by atoms with Crippen LogP contribution in [0.5, 0.6) is 0 Å². The van der Waals surface area contributed by atoms with Gasteiger partial charge in [-0.15, -0.1) is 0 Å². The van der Waals surface area contributed by atoms with Crippen LogP contribution < -0.4 is 4.90 Å². The molecule has 0 unspecified atom stereocenters. The summed E-state index contributed by atoms with van der Waals surface area (Å²) in [4.78, 5) is 13.6. The van der Waals surface area contributed by atoms with Gasteiger partial charge in [0, 0.05) is 5.69 Å². The molecule has 2 aromatic rings. The second-order valence-electron chi connectivity index (χ2n) is 5.52. The molecule has 0 spiro atoms. The van der Waals surface area contributed by atoms with Crippen LogP contribution in [-0.2, 0) is 17.4 Å². The molecule has 0 radical (unpaired) electrons. The second-order valence-corrected chi connectivity index (χ2v) is 5.52. The lowest BCUT2D eigenvalue weighted by molar-refractivity contribution is -0.137. The van der Waals surface area contributed by atoms with Crippen molar-refractivity contribution in [2.45, 2.75) is 26.4 Å². The summed E-state index contributed by atoms with van der Waals surface area (Å²) in [6.07, 6.45) is -4.30. The monoisotopic (exact) mass is 305 g/mol. The molecule has 5 heteroatoms. The summed E-state index contributed by atoms with van der Waals surface area (Å²) in [7, 11) is 0. The number of carbonyl (C=O) groups is 1. The lowest BCUT2D eigenvalue weighted by Gasteiger charge is -2.20. The second kappa shape index (κ2) is 4.87. The zero-order chi connectivity index (χ0) is 16.1. The van der Waals surface area contributed by atoms with Crippen molar-refractivity contribution in [2.24, 2.45) is 0 Å². The average Bonchev–Trinajstić information content (AvgIpc) is 2.76. The number of carbonyl (C=O) groups excluding carboxylic acids is 1. The van der Waals surface area contributed by atoms with Crippen molar-refractivity contribution in [1.82, 2.24) is 0 Å². The van der Waals surface area contributed by atoms with Gasteiger partial charge in [0.2, 0.25) is 5.91 Å². The van der Waals surface area contributed by atoms with E-state index in [1.165, 1.54) is 11.0 Å². The van der Waals surface area contributed by atoms with Gasteiger partial charge in [0.15, 0.2) is 0 Å². The van der Waals surface area contributed by atoms with E-state index in [2.05, 4.69) is 0 Å². The highest BCUT2D eigenvalue weighted by molar-refractivity contribution is 6.07. The van der Waals surface area contributed by atoms with Crippen LogP contribution in [0.3, 0.4) is 0 Å². The lowest BCUT2D eigenvalue weighted by Crippen LogP contribution is -2.21. The minimum atomic E-state index is -4.42. The van der Waals surface area contributed by atoms with Crippen LogP contribution in [0.4, 0.5) is 24.5 Å². The fourth-order valence-corrected chi connectivity index (χ4v) is 2.62. The Kier molecular flexibility index (Phi) is 3.24. The summed E-state index contributed by atoms with van der Waals surface area (Å²) in [6.45, 7) is 3.85. The van der Waals surface area contributed by atoms with Crippen molar-refractivity contribution in [3.8, 4) is 0 Å². The molecule has 2 aromatic carbocycles. The van der Waals surface area contributed by atoms with Crippen LogP contribution in [-0.4, -0.2) is 5.91 Å². The van der Waals surface area contributed by atoms with Crippen molar-refractivity contribution in [3.63, 3.8) is 0 Å². The number of nitrogens with zero attached hydrogens (tertiary/aromatic N) is 1. The first kappa shape index (κ1) is 14.6. The Labute approximate surface area is 126 Å². The molecule has 0 aliphatic carbocycles. The van der Waals surface area contributed by atoms with Gasteiger partial charge in [0.05, 0.1) is 17.7 Å². The highest BCUT2D eigenvalue weighted by Crippen LogP contribution is 2.40. The zero-order valence-electron chi connectivity index (χ0n) is 12.2. The number of rotatable bonds is 1. The molecule has 0 aromatic heterocycles. The number of amides is 1. The van der Waals surface area contributed by atoms with Crippen molar-refractivity contribution in [3.05, 3.63) is 58.7 Å². The summed E-state index contributed by atoms with van der Waals surface area (Å²) >= 11 is 0. The molecule has 3 rings (SSSR count). The minimum absolute atomic E-state index is 0.125. The van der Waals surface area contributed by atoms with Crippen molar-refractivity contribution >= 4 is 17.3 Å². The average molecular weight is 305 g/mol. The Hall–Kier alpha value is -2.30. The standard InChI is InChI=1S/C17H14F3NO/c1-10-3-6-14(7-11(10)2)21-15-9-13(17(18,19)20)5-4-12(15)8-16(21)22/h3-7,9H,8H2,1-2H3. The third kappa shape index (κ3) is 2.36. The molecule has 0 fully saturated rings. The lowest BCUT2D eigenvalue weighted by atomic mass is 10.1. The third-order valence-electron chi connectivity index (χ3n) is 3.99. The largest absolute Gasteiger partial charge is 0.416 e. The topological polar surface area (TPSA) is 20.3 Å². The van der Waals surface area contributed by atoms with E-state index >= 15 is 0 Å². The van der Waals surface area contributed by atoms with Crippen molar-refractivity contribution in [2.75, 3.05) is 4.90 Å². The van der Waals surface area contributed by atoms with Gasteiger partial charge in [-0.2, -0.15) is 13.2 Å². The molecule has 22 heavy (non-hydrogen) atoms. The number of halogens is 3. The molecule has 0 N–H and O–H groups in total. The van der Waals surface area contributed by atoms with Crippen molar-refractivity contribution < 1.29 is 18.0 Å². The number of alkyl halides is 3. The van der Waals surface area contributed by atoms with Crippen LogP contribution in [0, 0.1) is 13.8 Å². The first-order valence-electron chi connectivity index (χ1n) is 6.88. The molecule has 1 amide bonds. The Morgan fingerprint density at radius 3 is 2.36 bits per heavy atom. The number of anilines is 2. The van der Waals surface area contributed by atoms with E-state index in [1.54, 1.807) is 6.07 Å². The molecule has 1 aliphatic rings. The van der Waals surface area contributed by atoms with Crippen LogP contribution in [0.25, 0.3) is 0 Å². The summed E-state index contributed by atoms with van der Waals surface area (Å²) in [5, 5.41) is 0. The quantitative estimate of drug-likeness (QED) is 0.757. The van der Waals surface area contributed by atoms with Gasteiger partial charge in [0.1, 0.15) is 0 Å². The van der Waals surface area contributed by atoms with Crippen LogP contribution >= 0.6 is 0 Å². The first-order chi connectivity index (χ1) is 10.3. The molecule has 0 bridgehead atoms. The van der Waals surface area contributed by atoms with Crippen LogP contribution in [0.15, 0.2) is 36.4 Å². The highest BCUT2D eigenvalue weighted by Gasteiger charge is 2.35. The molecule has 1 heterocycles.